The first-order valence-electron chi connectivity index (χ1n) is 10.4. The molecule has 0 amide bonds. The fourth-order valence-electron chi connectivity index (χ4n) is 4.21. The van der Waals surface area contributed by atoms with E-state index >= 15 is 0 Å². The van der Waals surface area contributed by atoms with Gasteiger partial charge in [0.15, 0.2) is 0 Å². The van der Waals surface area contributed by atoms with Crippen LogP contribution in [0.5, 0.6) is 11.5 Å². The molecule has 0 unspecified atom stereocenters. The molecular weight excluding hydrogens is 426 g/mol. The molecule has 1 aliphatic heterocycles. The van der Waals surface area contributed by atoms with Crippen LogP contribution in [0.25, 0.3) is 22.1 Å². The Hall–Kier alpha value is -3.28. The van der Waals surface area contributed by atoms with Crippen LogP contribution in [-0.2, 0) is 13.1 Å². The topological polar surface area (TPSA) is 51.9 Å². The number of aryl methyl sites for hydroxylation is 1. The van der Waals surface area contributed by atoms with Crippen molar-refractivity contribution in [3.8, 4) is 22.6 Å². The normalized spacial score (nSPS) is 13.6. The number of ether oxygens (including phenoxy) is 2. The van der Waals surface area contributed by atoms with Gasteiger partial charge >= 0.3 is 5.63 Å². The van der Waals surface area contributed by atoms with Crippen LogP contribution in [0.1, 0.15) is 16.7 Å². The molecule has 0 saturated carbocycles. The van der Waals surface area contributed by atoms with Gasteiger partial charge in [0.25, 0.3) is 0 Å². The van der Waals surface area contributed by atoms with E-state index in [4.69, 9.17) is 25.5 Å². The average molecular weight is 448 g/mol. The van der Waals surface area contributed by atoms with Gasteiger partial charge in [0.05, 0.1) is 18.2 Å². The van der Waals surface area contributed by atoms with Crippen LogP contribution >= 0.6 is 11.6 Å². The number of benzene rings is 3. The Morgan fingerprint density at radius 2 is 1.78 bits per heavy atom. The maximum Gasteiger partial charge on any atom is 0.344 e. The van der Waals surface area contributed by atoms with Crippen LogP contribution in [0.15, 0.2) is 69.9 Å². The number of fused-ring (bicyclic) bond motifs is 3. The van der Waals surface area contributed by atoms with Crippen molar-refractivity contribution in [1.29, 1.82) is 0 Å². The Labute approximate surface area is 190 Å². The van der Waals surface area contributed by atoms with E-state index in [1.54, 1.807) is 19.2 Å². The van der Waals surface area contributed by atoms with Gasteiger partial charge in [-0.2, -0.15) is 0 Å². The summed E-state index contributed by atoms with van der Waals surface area (Å²) in [7, 11) is 1.66. The van der Waals surface area contributed by atoms with Gasteiger partial charge in [0, 0.05) is 23.5 Å². The fraction of sp³-hybridized carbons (Fsp3) is 0.192. The molecule has 4 aromatic rings. The van der Waals surface area contributed by atoms with Crippen molar-refractivity contribution in [2.45, 2.75) is 20.0 Å². The summed E-state index contributed by atoms with van der Waals surface area (Å²) in [5.41, 5.74) is 4.50. The Bertz CT molecular complexity index is 1340. The molecule has 0 radical (unpaired) electrons. The van der Waals surface area contributed by atoms with Gasteiger partial charge in [0.2, 0.25) is 0 Å². The van der Waals surface area contributed by atoms with Gasteiger partial charge in [-0.05, 0) is 60.0 Å². The molecule has 5 rings (SSSR count). The minimum atomic E-state index is -0.363. The van der Waals surface area contributed by atoms with E-state index in [1.807, 2.05) is 55.5 Å². The van der Waals surface area contributed by atoms with Crippen molar-refractivity contribution in [2.75, 3.05) is 13.8 Å². The highest BCUT2D eigenvalue weighted by atomic mass is 35.5. The van der Waals surface area contributed by atoms with Gasteiger partial charge in [-0.15, -0.1) is 0 Å². The maximum absolute atomic E-state index is 13.0. The van der Waals surface area contributed by atoms with Crippen molar-refractivity contribution >= 4 is 22.6 Å². The predicted octanol–water partition coefficient (Wildman–Crippen LogP) is 5.78. The molecule has 6 heteroatoms. The number of rotatable bonds is 4. The van der Waals surface area contributed by atoms with Crippen molar-refractivity contribution in [1.82, 2.24) is 4.90 Å². The lowest BCUT2D eigenvalue weighted by Gasteiger charge is -2.29. The smallest absolute Gasteiger partial charge is 0.344 e. The summed E-state index contributed by atoms with van der Waals surface area (Å²) in [5.74, 6) is 1.58. The van der Waals surface area contributed by atoms with Gasteiger partial charge in [-0.25, -0.2) is 4.79 Å². The number of methoxy groups -OCH3 is 1. The molecule has 0 N–H and O–H groups in total. The van der Waals surface area contributed by atoms with Crippen molar-refractivity contribution < 1.29 is 13.9 Å². The number of nitrogens with zero attached hydrogens (tertiary/aromatic N) is 1. The SMILES string of the molecule is COc1ccc(CN2COc3ccc4c(C)c(-c5ccc(Cl)cc5)c(=O)oc4c3C2)cc1. The zero-order chi connectivity index (χ0) is 22.2. The molecule has 0 saturated heterocycles. The monoisotopic (exact) mass is 447 g/mol. The second-order valence-electron chi connectivity index (χ2n) is 7.92. The van der Waals surface area contributed by atoms with Crippen LogP contribution < -0.4 is 15.1 Å². The molecule has 3 aromatic carbocycles. The molecule has 32 heavy (non-hydrogen) atoms. The average Bonchev–Trinajstić information content (AvgIpc) is 2.81. The molecule has 2 heterocycles. The zero-order valence-electron chi connectivity index (χ0n) is 17.9. The highest BCUT2D eigenvalue weighted by molar-refractivity contribution is 6.30. The summed E-state index contributed by atoms with van der Waals surface area (Å²) < 4.78 is 17.1. The zero-order valence-corrected chi connectivity index (χ0v) is 18.6. The minimum Gasteiger partial charge on any atom is -0.497 e. The number of halogens is 1. The standard InChI is InChI=1S/C26H22ClNO4/c1-16-21-11-12-23-22(14-28(15-31-23)13-17-3-9-20(30-2)10-4-17)25(21)32-26(29)24(16)18-5-7-19(27)8-6-18/h3-12H,13-15H2,1-2H3. The molecule has 0 fully saturated rings. The van der Waals surface area contributed by atoms with E-state index in [0.29, 0.717) is 36.0 Å². The third-order valence-corrected chi connectivity index (χ3v) is 6.13. The lowest BCUT2D eigenvalue weighted by atomic mass is 9.97. The fourth-order valence-corrected chi connectivity index (χ4v) is 4.34. The first-order chi connectivity index (χ1) is 15.5. The van der Waals surface area contributed by atoms with Crippen LogP contribution in [0.3, 0.4) is 0 Å². The molecule has 1 aliphatic rings. The summed E-state index contributed by atoms with van der Waals surface area (Å²) in [4.78, 5) is 15.2. The highest BCUT2D eigenvalue weighted by Gasteiger charge is 2.24. The van der Waals surface area contributed by atoms with Crippen LogP contribution in [0.2, 0.25) is 5.02 Å². The molecular formula is C26H22ClNO4. The van der Waals surface area contributed by atoms with E-state index in [1.165, 1.54) is 0 Å². The predicted molar refractivity (Wildman–Crippen MR) is 125 cm³/mol. The number of hydrogen-bond acceptors (Lipinski definition) is 5. The summed E-state index contributed by atoms with van der Waals surface area (Å²) >= 11 is 6.01. The molecule has 0 atom stereocenters. The van der Waals surface area contributed by atoms with Crippen molar-refractivity contribution in [3.63, 3.8) is 0 Å². The molecule has 0 aliphatic carbocycles. The van der Waals surface area contributed by atoms with E-state index < -0.39 is 0 Å². The molecule has 162 valence electrons. The first kappa shape index (κ1) is 20.6. The lowest BCUT2D eigenvalue weighted by Crippen LogP contribution is -2.31. The van der Waals surface area contributed by atoms with Gasteiger partial charge in [-0.1, -0.05) is 35.9 Å². The Kier molecular flexibility index (Phi) is 5.37. The third-order valence-electron chi connectivity index (χ3n) is 5.88. The summed E-state index contributed by atoms with van der Waals surface area (Å²) in [6, 6.07) is 19.1. The van der Waals surface area contributed by atoms with E-state index in [0.717, 1.165) is 39.1 Å². The second kappa shape index (κ2) is 8.34. The summed E-state index contributed by atoms with van der Waals surface area (Å²) in [5, 5.41) is 1.53. The molecule has 0 bridgehead atoms. The van der Waals surface area contributed by atoms with Gasteiger partial charge < -0.3 is 13.9 Å². The third kappa shape index (κ3) is 3.74. The van der Waals surface area contributed by atoms with E-state index in [9.17, 15) is 4.79 Å². The largest absolute Gasteiger partial charge is 0.497 e. The van der Waals surface area contributed by atoms with Gasteiger partial charge in [-0.3, -0.25) is 4.90 Å². The van der Waals surface area contributed by atoms with Crippen LogP contribution in [-0.4, -0.2) is 18.7 Å². The lowest BCUT2D eigenvalue weighted by molar-refractivity contribution is 0.0889. The Balaban J connectivity index is 1.52. The number of hydrogen-bond donors (Lipinski definition) is 0. The summed E-state index contributed by atoms with van der Waals surface area (Å²) in [6.07, 6.45) is 0. The van der Waals surface area contributed by atoms with Crippen LogP contribution in [0.4, 0.5) is 0 Å². The molecule has 5 nitrogen and oxygen atoms in total. The van der Waals surface area contributed by atoms with E-state index in [-0.39, 0.29) is 5.63 Å². The van der Waals surface area contributed by atoms with E-state index in [2.05, 4.69) is 4.90 Å². The Morgan fingerprint density at radius 1 is 1.03 bits per heavy atom. The Morgan fingerprint density at radius 3 is 2.50 bits per heavy atom. The van der Waals surface area contributed by atoms with Crippen LogP contribution in [0, 0.1) is 6.92 Å². The molecule has 0 spiro atoms. The maximum atomic E-state index is 13.0. The van der Waals surface area contributed by atoms with Gasteiger partial charge in [0.1, 0.15) is 23.8 Å². The molecule has 1 aromatic heterocycles. The van der Waals surface area contributed by atoms with Crippen molar-refractivity contribution in [2.24, 2.45) is 0 Å². The van der Waals surface area contributed by atoms with Crippen molar-refractivity contribution in [3.05, 3.63) is 92.8 Å². The first-order valence-corrected chi connectivity index (χ1v) is 10.7. The minimum absolute atomic E-state index is 0.363. The summed E-state index contributed by atoms with van der Waals surface area (Å²) in [6.45, 7) is 3.76. The second-order valence-corrected chi connectivity index (χ2v) is 8.36. The highest BCUT2D eigenvalue weighted by Crippen LogP contribution is 2.36. The quantitative estimate of drug-likeness (QED) is 0.371.